The molecule has 1 heterocycles. The van der Waals surface area contributed by atoms with Gasteiger partial charge in [-0.2, -0.15) is 0 Å². The van der Waals surface area contributed by atoms with Crippen molar-refractivity contribution in [2.75, 3.05) is 19.8 Å². The monoisotopic (exact) mass is 145 g/mol. The Morgan fingerprint density at radius 2 is 2.00 bits per heavy atom. The lowest BCUT2D eigenvalue weighted by Crippen LogP contribution is -2.58. The van der Waals surface area contributed by atoms with Crippen LogP contribution in [0.4, 0.5) is 0 Å². The van der Waals surface area contributed by atoms with Gasteiger partial charge in [-0.25, -0.2) is 0 Å². The normalized spacial score (nSPS) is 24.1. The van der Waals surface area contributed by atoms with Crippen molar-refractivity contribution < 1.29 is 4.92 Å². The van der Waals surface area contributed by atoms with E-state index < -0.39 is 5.54 Å². The van der Waals surface area contributed by atoms with Crippen molar-refractivity contribution in [1.82, 2.24) is 10.6 Å². The maximum atomic E-state index is 10.4. The van der Waals surface area contributed by atoms with Gasteiger partial charge in [-0.3, -0.25) is 20.7 Å². The molecular formula is C5H11N3O2. The third-order valence-electron chi connectivity index (χ3n) is 1.70. The lowest BCUT2D eigenvalue weighted by Gasteiger charge is -2.26. The zero-order chi connectivity index (χ0) is 7.61. The first-order valence-electron chi connectivity index (χ1n) is 3.21. The molecule has 0 spiro atoms. The number of nitro groups is 1. The second-order valence-electron chi connectivity index (χ2n) is 2.78. The number of nitrogens with one attached hydrogen (secondary N) is 2. The molecule has 1 saturated heterocycles. The van der Waals surface area contributed by atoms with Crippen LogP contribution in [-0.2, 0) is 0 Å². The van der Waals surface area contributed by atoms with E-state index in [1.807, 2.05) is 0 Å². The Morgan fingerprint density at radius 3 is 2.30 bits per heavy atom. The van der Waals surface area contributed by atoms with E-state index in [0.29, 0.717) is 19.8 Å². The molecule has 2 N–H and O–H groups in total. The summed E-state index contributed by atoms with van der Waals surface area (Å²) in [6, 6.07) is 0. The predicted molar refractivity (Wildman–Crippen MR) is 36.3 cm³/mol. The summed E-state index contributed by atoms with van der Waals surface area (Å²) in [4.78, 5) is 10.2. The van der Waals surface area contributed by atoms with Crippen LogP contribution in [-0.4, -0.2) is 30.2 Å². The Labute approximate surface area is 58.9 Å². The maximum Gasteiger partial charge on any atom is 0.243 e. The van der Waals surface area contributed by atoms with Gasteiger partial charge in [0, 0.05) is 18.5 Å². The van der Waals surface area contributed by atoms with E-state index >= 15 is 0 Å². The molecule has 0 aromatic rings. The van der Waals surface area contributed by atoms with E-state index in [1.54, 1.807) is 6.92 Å². The largest absolute Gasteiger partial charge is 0.298 e. The molecule has 0 saturated carbocycles. The van der Waals surface area contributed by atoms with Crippen molar-refractivity contribution in [3.05, 3.63) is 10.1 Å². The maximum absolute atomic E-state index is 10.4. The minimum absolute atomic E-state index is 0.244. The third-order valence-corrected chi connectivity index (χ3v) is 1.70. The SMILES string of the molecule is CC1([N+](=O)[O-])CNCNC1. The van der Waals surface area contributed by atoms with Crippen molar-refractivity contribution >= 4 is 0 Å². The topological polar surface area (TPSA) is 67.2 Å². The summed E-state index contributed by atoms with van der Waals surface area (Å²) < 4.78 is 0. The highest BCUT2D eigenvalue weighted by molar-refractivity contribution is 4.82. The number of hydrogen-bond donors (Lipinski definition) is 2. The highest BCUT2D eigenvalue weighted by atomic mass is 16.6. The van der Waals surface area contributed by atoms with Gasteiger partial charge < -0.3 is 0 Å². The second kappa shape index (κ2) is 2.51. The van der Waals surface area contributed by atoms with E-state index in [1.165, 1.54) is 0 Å². The molecule has 0 aromatic heterocycles. The van der Waals surface area contributed by atoms with E-state index in [-0.39, 0.29) is 4.92 Å². The average molecular weight is 145 g/mol. The number of rotatable bonds is 1. The van der Waals surface area contributed by atoms with E-state index in [4.69, 9.17) is 0 Å². The van der Waals surface area contributed by atoms with Crippen LogP contribution in [0.5, 0.6) is 0 Å². The zero-order valence-electron chi connectivity index (χ0n) is 5.89. The average Bonchev–Trinajstić information content (AvgIpc) is 1.89. The van der Waals surface area contributed by atoms with Crippen molar-refractivity contribution in [2.45, 2.75) is 12.5 Å². The summed E-state index contributed by atoms with van der Waals surface area (Å²) in [7, 11) is 0. The van der Waals surface area contributed by atoms with Crippen LogP contribution in [0.2, 0.25) is 0 Å². The first-order chi connectivity index (χ1) is 4.65. The van der Waals surface area contributed by atoms with Crippen LogP contribution in [0.15, 0.2) is 0 Å². The summed E-state index contributed by atoms with van der Waals surface area (Å²) in [5.41, 5.74) is -0.821. The van der Waals surface area contributed by atoms with Crippen LogP contribution in [0.3, 0.4) is 0 Å². The van der Waals surface area contributed by atoms with E-state index in [0.717, 1.165) is 0 Å². The molecule has 5 heteroatoms. The number of nitrogens with zero attached hydrogens (tertiary/aromatic N) is 1. The van der Waals surface area contributed by atoms with Crippen LogP contribution in [0, 0.1) is 10.1 Å². The fourth-order valence-corrected chi connectivity index (χ4v) is 0.944. The second-order valence-corrected chi connectivity index (χ2v) is 2.78. The van der Waals surface area contributed by atoms with Crippen LogP contribution < -0.4 is 10.6 Å². The summed E-state index contributed by atoms with van der Waals surface area (Å²) in [5.74, 6) is 0. The quantitative estimate of drug-likeness (QED) is 0.373. The van der Waals surface area contributed by atoms with Gasteiger partial charge in [-0.15, -0.1) is 0 Å². The lowest BCUT2D eigenvalue weighted by molar-refractivity contribution is -0.562. The summed E-state index contributed by atoms with van der Waals surface area (Å²) in [6.45, 7) is 3.20. The first-order valence-corrected chi connectivity index (χ1v) is 3.21. The van der Waals surface area contributed by atoms with E-state index in [9.17, 15) is 10.1 Å². The van der Waals surface area contributed by atoms with Gasteiger partial charge in [0.1, 0.15) is 0 Å². The Kier molecular flexibility index (Phi) is 1.87. The Bertz CT molecular complexity index is 142. The fourth-order valence-electron chi connectivity index (χ4n) is 0.944. The number of hydrogen-bond acceptors (Lipinski definition) is 4. The van der Waals surface area contributed by atoms with Gasteiger partial charge in [0.25, 0.3) is 0 Å². The molecule has 1 aliphatic heterocycles. The Morgan fingerprint density at radius 1 is 1.50 bits per heavy atom. The van der Waals surface area contributed by atoms with Gasteiger partial charge in [0.05, 0.1) is 13.1 Å². The molecule has 0 aromatic carbocycles. The minimum atomic E-state index is -0.821. The molecular weight excluding hydrogens is 134 g/mol. The summed E-state index contributed by atoms with van der Waals surface area (Å²) in [5, 5.41) is 16.2. The van der Waals surface area contributed by atoms with Crippen LogP contribution in [0.25, 0.3) is 0 Å². The van der Waals surface area contributed by atoms with Crippen molar-refractivity contribution in [3.63, 3.8) is 0 Å². The molecule has 0 bridgehead atoms. The van der Waals surface area contributed by atoms with Gasteiger partial charge in [-0.1, -0.05) is 0 Å². The highest BCUT2D eigenvalue weighted by Crippen LogP contribution is 2.07. The summed E-state index contributed by atoms with van der Waals surface area (Å²) >= 11 is 0. The molecule has 1 rings (SSSR count). The van der Waals surface area contributed by atoms with Crippen molar-refractivity contribution in [1.29, 1.82) is 0 Å². The predicted octanol–water partition coefficient (Wildman–Crippen LogP) is -0.828. The summed E-state index contributed by atoms with van der Waals surface area (Å²) in [6.07, 6.45) is 0. The molecule has 10 heavy (non-hydrogen) atoms. The fraction of sp³-hybridized carbons (Fsp3) is 1.00. The van der Waals surface area contributed by atoms with Gasteiger partial charge in [-0.05, 0) is 0 Å². The standard InChI is InChI=1S/C5H11N3O2/c1-5(8(9)10)2-6-4-7-3-5/h6-7H,2-4H2,1H3. The van der Waals surface area contributed by atoms with Crippen LogP contribution in [0.1, 0.15) is 6.92 Å². The van der Waals surface area contributed by atoms with E-state index in [2.05, 4.69) is 10.6 Å². The molecule has 0 atom stereocenters. The lowest BCUT2D eigenvalue weighted by atomic mass is 10.0. The van der Waals surface area contributed by atoms with Crippen LogP contribution >= 0.6 is 0 Å². The van der Waals surface area contributed by atoms with Gasteiger partial charge in [0.2, 0.25) is 5.54 Å². The zero-order valence-corrected chi connectivity index (χ0v) is 5.89. The minimum Gasteiger partial charge on any atom is -0.298 e. The molecule has 1 aliphatic rings. The molecule has 0 unspecified atom stereocenters. The molecule has 0 aliphatic carbocycles. The van der Waals surface area contributed by atoms with Crippen molar-refractivity contribution in [2.24, 2.45) is 0 Å². The highest BCUT2D eigenvalue weighted by Gasteiger charge is 2.38. The Balaban J connectivity index is 2.56. The van der Waals surface area contributed by atoms with Crippen molar-refractivity contribution in [3.8, 4) is 0 Å². The molecule has 5 nitrogen and oxygen atoms in total. The van der Waals surface area contributed by atoms with Gasteiger partial charge in [0.15, 0.2) is 0 Å². The molecule has 1 fully saturated rings. The molecule has 0 amide bonds. The first kappa shape index (κ1) is 7.43. The third kappa shape index (κ3) is 1.25. The molecule has 58 valence electrons. The Hall–Kier alpha value is -0.680. The van der Waals surface area contributed by atoms with Gasteiger partial charge >= 0.3 is 0 Å². The molecule has 0 radical (unpaired) electrons. The smallest absolute Gasteiger partial charge is 0.243 e.